The zero-order chi connectivity index (χ0) is 72.1. The van der Waals surface area contributed by atoms with Crippen molar-refractivity contribution in [2.45, 2.75) is 254 Å². The molecule has 4 saturated carbocycles. The molecule has 0 aromatic carbocycles. The molecule has 3 heterocycles. The van der Waals surface area contributed by atoms with Crippen molar-refractivity contribution < 1.29 is 70.7 Å². The maximum Gasteiger partial charge on any atom is 0.393 e. The lowest BCUT2D eigenvalue weighted by Crippen LogP contribution is -2.65. The second-order valence-corrected chi connectivity index (χ2v) is 30.3. The third kappa shape index (κ3) is 19.6. The maximum absolute atomic E-state index is 15.7. The highest BCUT2D eigenvalue weighted by molar-refractivity contribution is 6.21. The lowest BCUT2D eigenvalue weighted by molar-refractivity contribution is -0.182. The standard InChI is InChI=1S/C70H112ClF3N12O12/c1-11-44(2)59-66(96)80(6)42-57(89)78(4)43-58(90)82(8)53(39-46-24-15-12-16-25-46)64(94)79(5)41-55(87)75-51(32-30-47-29-31-49(50(71)38-47)70(72,73)74)63(93)86-37-23-28-52(86)62(92)77-69(33-19-20-34-69)68(98)84(10)60(48-26-17-13-18-27-48)67(97)83(9)54(65(95)85-35-21-14-22-36-85)40-56(88)81(7)45(3)61(91)76-59/h44-54,59-60H,11-43H2,1-10H3,(H,75,87)(H,76,91)(H,77,92)/t44-,45-,47?,49?,50?,51-,52-,53-,54-,59-,60-/m0/s1. The van der Waals surface area contributed by atoms with Crippen LogP contribution in [0, 0.1) is 29.6 Å². The first kappa shape index (κ1) is 79.1. The van der Waals surface area contributed by atoms with Crippen LogP contribution in [0.1, 0.15) is 194 Å². The summed E-state index contributed by atoms with van der Waals surface area (Å²) in [6.07, 6.45) is 7.86. The van der Waals surface area contributed by atoms with E-state index in [-0.39, 0.29) is 82.1 Å². The number of nitrogens with zero attached hydrogens (tertiary/aromatic N) is 9. The van der Waals surface area contributed by atoms with Crippen LogP contribution in [0.4, 0.5) is 13.2 Å². The van der Waals surface area contributed by atoms with Gasteiger partial charge in [0.2, 0.25) is 70.9 Å². The monoisotopic (exact) mass is 1400 g/mol. The van der Waals surface area contributed by atoms with Crippen LogP contribution < -0.4 is 16.0 Å². The van der Waals surface area contributed by atoms with E-state index in [9.17, 15) is 51.5 Å². The Morgan fingerprint density at radius 1 is 0.592 bits per heavy atom. The van der Waals surface area contributed by atoms with Gasteiger partial charge in [-0.25, -0.2) is 0 Å². The highest BCUT2D eigenvalue weighted by atomic mass is 35.5. The van der Waals surface area contributed by atoms with E-state index >= 15 is 19.2 Å². The average molecular weight is 1410 g/mol. The Balaban J connectivity index is 1.25. The molecule has 0 bridgehead atoms. The second kappa shape index (κ2) is 35.4. The van der Waals surface area contributed by atoms with Gasteiger partial charge < -0.3 is 60.0 Å². The molecule has 11 atom stereocenters. The van der Waals surface area contributed by atoms with Crippen LogP contribution in [0.15, 0.2) is 0 Å². The molecule has 0 radical (unpaired) electrons. The van der Waals surface area contributed by atoms with Gasteiger partial charge in [-0.2, -0.15) is 13.2 Å². The van der Waals surface area contributed by atoms with Gasteiger partial charge in [0.25, 0.3) is 0 Å². The smallest absolute Gasteiger partial charge is 0.343 e. The molecule has 0 aromatic rings. The van der Waals surface area contributed by atoms with Gasteiger partial charge in [-0.15, -0.1) is 11.6 Å². The van der Waals surface area contributed by atoms with Gasteiger partial charge in [0, 0.05) is 74.3 Å². The Bertz CT molecular complexity index is 2850. The summed E-state index contributed by atoms with van der Waals surface area (Å²) in [4.78, 5) is 189. The van der Waals surface area contributed by atoms with Crippen LogP contribution in [-0.4, -0.2) is 263 Å². The van der Waals surface area contributed by atoms with Gasteiger partial charge >= 0.3 is 6.18 Å². The number of carbonyl (C=O) groups is 12. The predicted octanol–water partition coefficient (Wildman–Crippen LogP) is 5.46. The first-order valence-electron chi connectivity index (χ1n) is 36.3. The Kier molecular flexibility index (Phi) is 28.5. The molecule has 7 rings (SSSR count). The summed E-state index contributed by atoms with van der Waals surface area (Å²) < 4.78 is 42.0. The molecule has 28 heteroatoms. The lowest BCUT2D eigenvalue weighted by atomic mass is 9.78. The zero-order valence-electron chi connectivity index (χ0n) is 59.8. The van der Waals surface area contributed by atoms with E-state index in [1.54, 1.807) is 11.8 Å². The number of alkyl halides is 4. The van der Waals surface area contributed by atoms with Crippen LogP contribution in [0.3, 0.4) is 0 Å². The molecule has 3 N–H and O–H groups in total. The van der Waals surface area contributed by atoms with Crippen molar-refractivity contribution in [1.82, 2.24) is 60.0 Å². The van der Waals surface area contributed by atoms with Crippen LogP contribution in [0.5, 0.6) is 0 Å². The fourth-order valence-corrected chi connectivity index (χ4v) is 16.7. The molecular formula is C70H112ClF3N12O12. The summed E-state index contributed by atoms with van der Waals surface area (Å²) in [6.45, 7) is 4.28. The van der Waals surface area contributed by atoms with E-state index in [0.717, 1.165) is 77.4 Å². The number of hydrogen-bond acceptors (Lipinski definition) is 12. The van der Waals surface area contributed by atoms with Gasteiger partial charge in [0.1, 0.15) is 47.8 Å². The Morgan fingerprint density at radius 3 is 1.81 bits per heavy atom. The molecule has 552 valence electrons. The van der Waals surface area contributed by atoms with Gasteiger partial charge in [-0.3, -0.25) is 57.5 Å². The molecule has 24 nitrogen and oxygen atoms in total. The Morgan fingerprint density at radius 2 is 1.19 bits per heavy atom. The first-order chi connectivity index (χ1) is 46.3. The molecule has 1 spiro atoms. The molecule has 98 heavy (non-hydrogen) atoms. The van der Waals surface area contributed by atoms with Crippen molar-refractivity contribution in [3.05, 3.63) is 0 Å². The van der Waals surface area contributed by atoms with Crippen molar-refractivity contribution in [3.8, 4) is 0 Å². The number of likely N-dealkylation sites (tertiary alicyclic amines) is 1. The number of halogens is 4. The quantitative estimate of drug-likeness (QED) is 0.243. The lowest BCUT2D eigenvalue weighted by Gasteiger charge is -2.43. The topological polar surface area (TPSA) is 270 Å². The summed E-state index contributed by atoms with van der Waals surface area (Å²) in [7, 11) is 10.00. The number of rotatable bonds is 9. The minimum Gasteiger partial charge on any atom is -0.343 e. The minimum atomic E-state index is -4.50. The molecule has 12 amide bonds. The van der Waals surface area contributed by atoms with Crippen molar-refractivity contribution in [1.29, 1.82) is 0 Å². The first-order valence-corrected chi connectivity index (χ1v) is 36.7. The highest BCUT2D eigenvalue weighted by Crippen LogP contribution is 2.44. The fraction of sp³-hybridized carbons (Fsp3) is 0.829. The second-order valence-electron chi connectivity index (χ2n) is 29.8. The van der Waals surface area contributed by atoms with Gasteiger partial charge in [0.05, 0.1) is 32.0 Å². The molecule has 0 aromatic heterocycles. The van der Waals surface area contributed by atoms with E-state index in [1.807, 2.05) is 6.92 Å². The average Bonchev–Trinajstić information content (AvgIpc) is 1.27. The van der Waals surface area contributed by atoms with Crippen molar-refractivity contribution in [2.75, 3.05) is 88.6 Å². The Labute approximate surface area is 582 Å². The number of nitrogens with one attached hydrogen (secondary N) is 3. The van der Waals surface area contributed by atoms with Crippen molar-refractivity contribution in [3.63, 3.8) is 0 Å². The molecule has 4 aliphatic carbocycles. The molecule has 7 fully saturated rings. The number of hydrogen-bond donors (Lipinski definition) is 3. The summed E-state index contributed by atoms with van der Waals surface area (Å²) in [5, 5.41) is 7.53. The predicted molar refractivity (Wildman–Crippen MR) is 361 cm³/mol. The van der Waals surface area contributed by atoms with E-state index in [1.165, 1.54) is 75.9 Å². The molecule has 3 aliphatic heterocycles. The van der Waals surface area contributed by atoms with Crippen LogP contribution in [0.25, 0.3) is 0 Å². The van der Waals surface area contributed by atoms with Crippen LogP contribution in [-0.2, 0) is 57.5 Å². The highest BCUT2D eigenvalue weighted by Gasteiger charge is 2.52. The van der Waals surface area contributed by atoms with E-state index in [4.69, 9.17) is 11.6 Å². The summed E-state index contributed by atoms with van der Waals surface area (Å²) in [5.41, 5.74) is -1.54. The molecule has 7 aliphatic rings. The Hall–Kier alpha value is -6.28. The number of amides is 12. The number of carbonyl (C=O) groups excluding carboxylic acids is 12. The fourth-order valence-electron chi connectivity index (χ4n) is 16.2. The summed E-state index contributed by atoms with van der Waals surface area (Å²) in [6, 6.07) is -8.53. The number of likely N-dealkylation sites (N-methyl/N-ethyl adjacent to an activating group) is 7. The number of fused-ring (bicyclic) bond motifs is 1. The van der Waals surface area contributed by atoms with Crippen molar-refractivity contribution in [2.24, 2.45) is 29.6 Å². The largest absolute Gasteiger partial charge is 0.393 e. The molecular weight excluding hydrogens is 1290 g/mol. The van der Waals surface area contributed by atoms with Crippen LogP contribution in [0.2, 0.25) is 0 Å². The number of piperidine rings is 1. The third-order valence-corrected chi connectivity index (χ3v) is 23.4. The van der Waals surface area contributed by atoms with E-state index < -0.39 is 168 Å². The van der Waals surface area contributed by atoms with Crippen molar-refractivity contribution >= 4 is 82.5 Å². The maximum atomic E-state index is 15.7. The van der Waals surface area contributed by atoms with E-state index in [2.05, 4.69) is 16.0 Å². The minimum absolute atomic E-state index is 0.00350. The molecule has 3 saturated heterocycles. The SMILES string of the molecule is CC[C@H](C)[C@@H]1NC(=O)[C@H](C)N(C)C(=O)C[C@@H](C(=O)N2CCCCC2)N(C)C(=O)[C@H](C2CCCCC2)N(C)C(=O)C2(CCCC2)NC(=O)[C@@H]2CCCN2C(=O)[C@H](CCC2CCC(C(F)(F)F)C(Cl)C2)NC(=O)CN(C)C(=O)[C@H](CC2CCCCC2)N(C)C(=O)CN(C)C(=O)CN(C)C1=O. The van der Waals surface area contributed by atoms with Gasteiger partial charge in [-0.1, -0.05) is 84.5 Å². The van der Waals surface area contributed by atoms with Gasteiger partial charge in [0.15, 0.2) is 0 Å². The normalized spacial score (nSPS) is 30.4. The molecule has 3 unspecified atom stereocenters. The zero-order valence-corrected chi connectivity index (χ0v) is 60.5. The van der Waals surface area contributed by atoms with E-state index in [0.29, 0.717) is 64.5 Å². The van der Waals surface area contributed by atoms with Gasteiger partial charge in [-0.05, 0) is 127 Å². The van der Waals surface area contributed by atoms with Crippen LogP contribution >= 0.6 is 11.6 Å². The summed E-state index contributed by atoms with van der Waals surface area (Å²) >= 11 is 6.40. The summed E-state index contributed by atoms with van der Waals surface area (Å²) in [5.74, 6) is -10.4. The third-order valence-electron chi connectivity index (χ3n) is 23.0.